The lowest BCUT2D eigenvalue weighted by atomic mass is 9.80. The van der Waals surface area contributed by atoms with E-state index in [-0.39, 0.29) is 36.3 Å². The van der Waals surface area contributed by atoms with E-state index in [0.29, 0.717) is 18.5 Å². The number of nitrogens with one attached hydrogen (secondary N) is 2. The van der Waals surface area contributed by atoms with Crippen LogP contribution in [0.15, 0.2) is 48.5 Å². The van der Waals surface area contributed by atoms with Crippen LogP contribution in [0.1, 0.15) is 68.3 Å². The number of para-hydroxylation sites is 1. The molecule has 4 amide bonds. The molecule has 1 saturated heterocycles. The van der Waals surface area contributed by atoms with Gasteiger partial charge < -0.3 is 20.4 Å². The molecule has 2 N–H and O–H groups in total. The number of rotatable bonds is 9. The summed E-state index contributed by atoms with van der Waals surface area (Å²) >= 11 is 0. The molecular formula is C33H38FN5O4. The van der Waals surface area contributed by atoms with Crippen molar-refractivity contribution >= 4 is 29.3 Å². The standard InChI is InChI=1S/C33H38FN5O4/c1-20(2)15-28(31(42)39-19-33(17-24(39)18-35)25-9-4-5-10-26(25)37-32(33)43)38(3)30(41)27(16-21-7-6-8-21)36-29(40)22-11-13-23(34)14-12-22/h4-5,9-14,20-21,24,27-28H,6-8,15-17,19H2,1-3H3,(H,36,40)(H,37,43)/t24-,27?,28-,33-/m0/s1. The highest BCUT2D eigenvalue weighted by Crippen LogP contribution is 2.46. The minimum Gasteiger partial charge on any atom is -0.340 e. The van der Waals surface area contributed by atoms with Crippen LogP contribution in [0.4, 0.5) is 10.1 Å². The van der Waals surface area contributed by atoms with E-state index >= 15 is 0 Å². The smallest absolute Gasteiger partial charge is 0.251 e. The maximum atomic E-state index is 14.3. The van der Waals surface area contributed by atoms with E-state index in [9.17, 15) is 28.8 Å². The number of carbonyl (C=O) groups is 4. The molecule has 1 unspecified atom stereocenters. The molecule has 0 aromatic heterocycles. The maximum absolute atomic E-state index is 14.3. The van der Waals surface area contributed by atoms with Crippen LogP contribution in [-0.2, 0) is 19.8 Å². The third-order valence-electron chi connectivity index (χ3n) is 9.21. The summed E-state index contributed by atoms with van der Waals surface area (Å²) in [6, 6.07) is 12.1. The van der Waals surface area contributed by atoms with Crippen molar-refractivity contribution in [2.24, 2.45) is 11.8 Å². The SMILES string of the molecule is CC(C)C[C@@H](C(=O)N1C[C@]2(C[C@H]1C#N)C(=O)Nc1ccccc12)N(C)C(=O)C(CC1CCC1)NC(=O)c1ccc(F)cc1. The average Bonchev–Trinajstić information content (AvgIpc) is 3.49. The van der Waals surface area contributed by atoms with Gasteiger partial charge in [0.1, 0.15) is 23.9 Å². The molecule has 1 spiro atoms. The second kappa shape index (κ2) is 12.2. The molecule has 2 aliphatic heterocycles. The summed E-state index contributed by atoms with van der Waals surface area (Å²) in [5, 5.41) is 15.8. The summed E-state index contributed by atoms with van der Waals surface area (Å²) in [5.41, 5.74) is 0.650. The molecule has 1 aliphatic carbocycles. The number of halogens is 1. The summed E-state index contributed by atoms with van der Waals surface area (Å²) in [6.07, 6.45) is 3.92. The van der Waals surface area contributed by atoms with Gasteiger partial charge in [0.2, 0.25) is 17.7 Å². The number of likely N-dealkylation sites (N-methyl/N-ethyl adjacent to an activating group) is 1. The van der Waals surface area contributed by atoms with Crippen LogP contribution >= 0.6 is 0 Å². The van der Waals surface area contributed by atoms with Crippen LogP contribution in [0.25, 0.3) is 0 Å². The van der Waals surface area contributed by atoms with Gasteiger partial charge in [-0.2, -0.15) is 5.26 Å². The number of amides is 4. The summed E-state index contributed by atoms with van der Waals surface area (Å²) in [7, 11) is 1.57. The van der Waals surface area contributed by atoms with Crippen molar-refractivity contribution in [1.82, 2.24) is 15.1 Å². The first kappa shape index (κ1) is 30.2. The monoisotopic (exact) mass is 587 g/mol. The first-order valence-electron chi connectivity index (χ1n) is 15.0. The molecule has 1 saturated carbocycles. The van der Waals surface area contributed by atoms with E-state index in [2.05, 4.69) is 16.7 Å². The fourth-order valence-corrected chi connectivity index (χ4v) is 6.57. The number of fused-ring (bicyclic) bond motifs is 2. The highest BCUT2D eigenvalue weighted by Gasteiger charge is 2.56. The summed E-state index contributed by atoms with van der Waals surface area (Å²) in [6.45, 7) is 3.94. The van der Waals surface area contributed by atoms with Crippen molar-refractivity contribution in [3.05, 3.63) is 65.5 Å². The van der Waals surface area contributed by atoms with E-state index in [1.165, 1.54) is 34.1 Å². The molecule has 2 fully saturated rings. The van der Waals surface area contributed by atoms with Gasteiger partial charge in [-0.1, -0.05) is 51.3 Å². The summed E-state index contributed by atoms with van der Waals surface area (Å²) in [5.74, 6) is -1.67. The Balaban J connectivity index is 1.40. The van der Waals surface area contributed by atoms with Crippen molar-refractivity contribution in [3.63, 3.8) is 0 Å². The lowest BCUT2D eigenvalue weighted by molar-refractivity contribution is -0.146. The molecular weight excluding hydrogens is 549 g/mol. The molecule has 10 heteroatoms. The Morgan fingerprint density at radius 1 is 1.16 bits per heavy atom. The third-order valence-corrected chi connectivity index (χ3v) is 9.21. The number of benzene rings is 2. The normalized spacial score (nSPS) is 22.4. The lowest BCUT2D eigenvalue weighted by Crippen LogP contribution is -2.56. The Morgan fingerprint density at radius 3 is 2.49 bits per heavy atom. The van der Waals surface area contributed by atoms with Gasteiger partial charge in [0.15, 0.2) is 0 Å². The van der Waals surface area contributed by atoms with Crippen LogP contribution in [-0.4, -0.2) is 65.1 Å². The Morgan fingerprint density at radius 2 is 1.86 bits per heavy atom. The minimum absolute atomic E-state index is 0.0377. The van der Waals surface area contributed by atoms with Crippen LogP contribution < -0.4 is 10.6 Å². The molecule has 0 radical (unpaired) electrons. The third kappa shape index (κ3) is 5.85. The Hall–Kier alpha value is -4.26. The van der Waals surface area contributed by atoms with Gasteiger partial charge in [-0.15, -0.1) is 0 Å². The highest BCUT2D eigenvalue weighted by atomic mass is 19.1. The average molecular weight is 588 g/mol. The molecule has 226 valence electrons. The van der Waals surface area contributed by atoms with Gasteiger partial charge in [0.05, 0.1) is 11.5 Å². The largest absolute Gasteiger partial charge is 0.340 e. The van der Waals surface area contributed by atoms with Gasteiger partial charge in [0.25, 0.3) is 5.91 Å². The number of nitrogens with zero attached hydrogens (tertiary/aromatic N) is 3. The maximum Gasteiger partial charge on any atom is 0.251 e. The van der Waals surface area contributed by atoms with Crippen LogP contribution in [0.5, 0.6) is 0 Å². The Kier molecular flexibility index (Phi) is 8.54. The van der Waals surface area contributed by atoms with Crippen LogP contribution in [0, 0.1) is 29.0 Å². The first-order chi connectivity index (χ1) is 20.5. The van der Waals surface area contributed by atoms with Crippen molar-refractivity contribution in [3.8, 4) is 6.07 Å². The van der Waals surface area contributed by atoms with Gasteiger partial charge in [-0.25, -0.2) is 4.39 Å². The van der Waals surface area contributed by atoms with Crippen molar-refractivity contribution < 1.29 is 23.6 Å². The first-order valence-corrected chi connectivity index (χ1v) is 15.0. The number of hydrogen-bond donors (Lipinski definition) is 2. The number of anilines is 1. The number of hydrogen-bond acceptors (Lipinski definition) is 5. The van der Waals surface area contributed by atoms with Gasteiger partial charge >= 0.3 is 0 Å². The van der Waals surface area contributed by atoms with Crippen LogP contribution in [0.2, 0.25) is 0 Å². The van der Waals surface area contributed by atoms with E-state index < -0.39 is 47.1 Å². The van der Waals surface area contributed by atoms with Gasteiger partial charge in [-0.3, -0.25) is 19.2 Å². The van der Waals surface area contributed by atoms with Crippen molar-refractivity contribution in [2.45, 2.75) is 75.9 Å². The molecule has 43 heavy (non-hydrogen) atoms. The van der Waals surface area contributed by atoms with Gasteiger partial charge in [0, 0.05) is 31.3 Å². The number of carbonyl (C=O) groups excluding carboxylic acids is 4. The summed E-state index contributed by atoms with van der Waals surface area (Å²) < 4.78 is 13.4. The molecule has 4 atom stereocenters. The highest BCUT2D eigenvalue weighted by molar-refractivity contribution is 6.07. The van der Waals surface area contributed by atoms with E-state index in [1.807, 2.05) is 38.1 Å². The van der Waals surface area contributed by atoms with Crippen LogP contribution in [0.3, 0.4) is 0 Å². The second-order valence-corrected chi connectivity index (χ2v) is 12.6. The van der Waals surface area contributed by atoms with E-state index in [0.717, 1.165) is 24.8 Å². The number of nitriles is 1. The molecule has 2 heterocycles. The molecule has 3 aliphatic rings. The molecule has 2 aromatic rings. The second-order valence-electron chi connectivity index (χ2n) is 12.6. The lowest BCUT2D eigenvalue weighted by Gasteiger charge is -2.36. The zero-order chi connectivity index (χ0) is 30.9. The zero-order valence-electron chi connectivity index (χ0n) is 24.8. The number of likely N-dealkylation sites (tertiary alicyclic amines) is 1. The Bertz CT molecular complexity index is 1450. The fraction of sp³-hybridized carbons (Fsp3) is 0.485. The molecule has 9 nitrogen and oxygen atoms in total. The van der Waals surface area contributed by atoms with E-state index in [4.69, 9.17) is 0 Å². The molecule has 2 aromatic carbocycles. The van der Waals surface area contributed by atoms with E-state index in [1.54, 1.807) is 7.05 Å². The van der Waals surface area contributed by atoms with Crippen molar-refractivity contribution in [2.75, 3.05) is 18.9 Å². The molecule has 5 rings (SSSR count). The quantitative estimate of drug-likeness (QED) is 0.459. The molecule has 0 bridgehead atoms. The predicted octanol–water partition coefficient (Wildman–Crippen LogP) is 4.00. The summed E-state index contributed by atoms with van der Waals surface area (Å²) in [4.78, 5) is 57.5. The van der Waals surface area contributed by atoms with Gasteiger partial charge in [-0.05, 0) is 60.6 Å². The topological polar surface area (TPSA) is 123 Å². The fourth-order valence-electron chi connectivity index (χ4n) is 6.57. The minimum atomic E-state index is -1.03. The zero-order valence-corrected chi connectivity index (χ0v) is 24.8. The van der Waals surface area contributed by atoms with Crippen molar-refractivity contribution in [1.29, 1.82) is 5.26 Å². The predicted molar refractivity (Wildman–Crippen MR) is 158 cm³/mol. The Labute approximate surface area is 251 Å².